The van der Waals surface area contributed by atoms with E-state index in [0.29, 0.717) is 6.07 Å². The van der Waals surface area contributed by atoms with Gasteiger partial charge in [-0.2, -0.15) is 23.5 Å². The van der Waals surface area contributed by atoms with Gasteiger partial charge < -0.3 is 11.1 Å². The third-order valence-corrected chi connectivity index (χ3v) is 4.86. The molecule has 29 heavy (non-hydrogen) atoms. The molecule has 0 bridgehead atoms. The van der Waals surface area contributed by atoms with Crippen LogP contribution in [0, 0.1) is 11.3 Å². The lowest BCUT2D eigenvalue weighted by Crippen LogP contribution is -2.10. The molecule has 1 aromatic heterocycles. The van der Waals surface area contributed by atoms with Crippen LogP contribution in [-0.2, 0) is 6.18 Å². The molecule has 0 aliphatic rings. The van der Waals surface area contributed by atoms with E-state index in [1.807, 2.05) is 0 Å². The second-order valence-corrected chi connectivity index (χ2v) is 7.37. The summed E-state index contributed by atoms with van der Waals surface area (Å²) < 4.78 is 41.3. The lowest BCUT2D eigenvalue weighted by atomic mass is 10.1. The van der Waals surface area contributed by atoms with Crippen molar-refractivity contribution in [1.29, 1.82) is 5.26 Å². The van der Waals surface area contributed by atoms with Gasteiger partial charge in [0, 0.05) is 5.02 Å². The Labute approximate surface area is 182 Å². The number of nitriles is 1. The van der Waals surface area contributed by atoms with Crippen LogP contribution in [-0.4, -0.2) is 9.78 Å². The monoisotopic (exact) mass is 479 g/mol. The highest BCUT2D eigenvalue weighted by Gasteiger charge is 2.34. The van der Waals surface area contributed by atoms with Crippen LogP contribution in [0.3, 0.4) is 0 Å². The summed E-state index contributed by atoms with van der Waals surface area (Å²) in [4.78, 5) is 0. The van der Waals surface area contributed by atoms with Crippen LogP contribution in [0.15, 0.2) is 30.5 Å². The van der Waals surface area contributed by atoms with Crippen LogP contribution < -0.4 is 11.1 Å². The standard InChI is InChI=1S/C17H8Cl4F3N5/c18-7-1-10(20)16(11(21)2-7)29-6-15(14(5-25)28-29)27-13-4-12(26)9(19)3-8(13)17(22,23)24/h1-4,6,27H,26H2. The Balaban J connectivity index is 2.12. The van der Waals surface area contributed by atoms with Gasteiger partial charge >= 0.3 is 6.18 Å². The van der Waals surface area contributed by atoms with E-state index in [9.17, 15) is 18.4 Å². The normalized spacial score (nSPS) is 11.4. The van der Waals surface area contributed by atoms with Crippen molar-refractivity contribution < 1.29 is 13.2 Å². The van der Waals surface area contributed by atoms with E-state index in [2.05, 4.69) is 10.4 Å². The molecule has 0 saturated carbocycles. The number of hydrogen-bond acceptors (Lipinski definition) is 4. The Morgan fingerprint density at radius 1 is 1.00 bits per heavy atom. The Morgan fingerprint density at radius 2 is 1.62 bits per heavy atom. The SMILES string of the molecule is N#Cc1nn(-c2c(Cl)cc(Cl)cc2Cl)cc1Nc1cc(N)c(Cl)cc1C(F)(F)F. The number of nitrogen functional groups attached to an aromatic ring is 1. The fourth-order valence-corrected chi connectivity index (χ4v) is 3.64. The Hall–Kier alpha value is -2.31. The van der Waals surface area contributed by atoms with Gasteiger partial charge in [-0.25, -0.2) is 4.68 Å². The number of nitrogens with one attached hydrogen (secondary N) is 1. The third-order valence-electron chi connectivity index (χ3n) is 3.74. The average Bonchev–Trinajstić information content (AvgIpc) is 2.98. The molecule has 0 spiro atoms. The molecule has 0 atom stereocenters. The molecule has 0 aliphatic carbocycles. The van der Waals surface area contributed by atoms with E-state index in [0.717, 1.165) is 10.7 Å². The summed E-state index contributed by atoms with van der Waals surface area (Å²) in [6.45, 7) is 0. The zero-order valence-corrected chi connectivity index (χ0v) is 17.0. The maximum Gasteiger partial charge on any atom is 0.418 e. The topological polar surface area (TPSA) is 79.7 Å². The number of halogens is 7. The van der Waals surface area contributed by atoms with Crippen molar-refractivity contribution in [2.45, 2.75) is 6.18 Å². The lowest BCUT2D eigenvalue weighted by molar-refractivity contribution is -0.136. The van der Waals surface area contributed by atoms with Crippen LogP contribution in [0.4, 0.5) is 30.2 Å². The first kappa shape index (κ1) is 21.4. The minimum atomic E-state index is -4.72. The predicted molar refractivity (Wildman–Crippen MR) is 107 cm³/mol. The molecular formula is C17H8Cl4F3N5. The van der Waals surface area contributed by atoms with E-state index in [4.69, 9.17) is 52.1 Å². The predicted octanol–water partition coefficient (Wildman–Crippen LogP) is 6.70. The van der Waals surface area contributed by atoms with Crippen molar-refractivity contribution in [1.82, 2.24) is 9.78 Å². The molecule has 150 valence electrons. The number of hydrogen-bond donors (Lipinski definition) is 2. The van der Waals surface area contributed by atoms with Crippen molar-refractivity contribution in [3.8, 4) is 11.8 Å². The third kappa shape index (κ3) is 4.33. The molecule has 0 saturated heterocycles. The van der Waals surface area contributed by atoms with Gasteiger partial charge in [-0.3, -0.25) is 0 Å². The molecule has 0 amide bonds. The maximum absolute atomic E-state index is 13.4. The number of benzene rings is 2. The van der Waals surface area contributed by atoms with Crippen molar-refractivity contribution in [2.24, 2.45) is 0 Å². The molecule has 5 nitrogen and oxygen atoms in total. The second kappa shape index (κ2) is 7.84. The Morgan fingerprint density at radius 3 is 2.17 bits per heavy atom. The van der Waals surface area contributed by atoms with Gasteiger partial charge in [0.05, 0.1) is 43.9 Å². The Kier molecular flexibility index (Phi) is 5.79. The second-order valence-electron chi connectivity index (χ2n) is 5.71. The molecule has 3 rings (SSSR count). The number of anilines is 3. The minimum absolute atomic E-state index is 0.0261. The smallest absolute Gasteiger partial charge is 0.397 e. The van der Waals surface area contributed by atoms with E-state index in [1.54, 1.807) is 6.07 Å². The zero-order chi connectivity index (χ0) is 21.5. The molecular weight excluding hydrogens is 473 g/mol. The molecule has 2 aromatic carbocycles. The van der Waals surface area contributed by atoms with Crippen LogP contribution in [0.5, 0.6) is 0 Å². The summed E-state index contributed by atoms with van der Waals surface area (Å²) in [5.74, 6) is 0. The quantitative estimate of drug-likeness (QED) is 0.408. The van der Waals surface area contributed by atoms with Crippen LogP contribution in [0.2, 0.25) is 20.1 Å². The number of rotatable bonds is 3. The number of nitrogens with zero attached hydrogens (tertiary/aromatic N) is 3. The number of nitrogens with two attached hydrogens (primary N) is 1. The molecule has 3 N–H and O–H groups in total. The van der Waals surface area contributed by atoms with Crippen LogP contribution >= 0.6 is 46.4 Å². The molecule has 0 aliphatic heterocycles. The van der Waals surface area contributed by atoms with Crippen LogP contribution in [0.25, 0.3) is 5.69 Å². The summed E-state index contributed by atoms with van der Waals surface area (Å²) in [5, 5.41) is 16.2. The van der Waals surface area contributed by atoms with Crippen molar-refractivity contribution in [2.75, 3.05) is 11.1 Å². The molecule has 0 fully saturated rings. The first-order valence-corrected chi connectivity index (χ1v) is 9.10. The molecule has 1 heterocycles. The molecule has 12 heteroatoms. The van der Waals surface area contributed by atoms with Gasteiger partial charge in [0.15, 0.2) is 5.69 Å². The minimum Gasteiger partial charge on any atom is -0.397 e. The highest BCUT2D eigenvalue weighted by molar-refractivity contribution is 6.40. The summed E-state index contributed by atoms with van der Waals surface area (Å²) in [6.07, 6.45) is -3.45. The lowest BCUT2D eigenvalue weighted by Gasteiger charge is -2.15. The highest BCUT2D eigenvalue weighted by Crippen LogP contribution is 2.40. The Bertz CT molecular complexity index is 1130. The fourth-order valence-electron chi connectivity index (χ4n) is 2.49. The van der Waals surface area contributed by atoms with E-state index in [-0.39, 0.29) is 42.8 Å². The van der Waals surface area contributed by atoms with Crippen LogP contribution in [0.1, 0.15) is 11.3 Å². The van der Waals surface area contributed by atoms with Crippen molar-refractivity contribution in [3.05, 3.63) is 61.8 Å². The van der Waals surface area contributed by atoms with Gasteiger partial charge in [0.25, 0.3) is 0 Å². The van der Waals surface area contributed by atoms with E-state index >= 15 is 0 Å². The van der Waals surface area contributed by atoms with Gasteiger partial charge in [-0.1, -0.05) is 46.4 Å². The first-order chi connectivity index (χ1) is 13.5. The summed E-state index contributed by atoms with van der Waals surface area (Å²) in [7, 11) is 0. The summed E-state index contributed by atoms with van der Waals surface area (Å²) in [5.41, 5.74) is 4.08. The number of alkyl halides is 3. The molecule has 0 unspecified atom stereocenters. The van der Waals surface area contributed by atoms with Gasteiger partial charge in [-0.05, 0) is 24.3 Å². The zero-order valence-electron chi connectivity index (χ0n) is 14.0. The van der Waals surface area contributed by atoms with Gasteiger partial charge in [-0.15, -0.1) is 0 Å². The number of aromatic nitrogens is 2. The van der Waals surface area contributed by atoms with E-state index < -0.39 is 17.4 Å². The largest absolute Gasteiger partial charge is 0.418 e. The fraction of sp³-hybridized carbons (Fsp3) is 0.0588. The summed E-state index contributed by atoms with van der Waals surface area (Å²) in [6, 6.07) is 6.33. The summed E-state index contributed by atoms with van der Waals surface area (Å²) >= 11 is 23.9. The molecule has 3 aromatic rings. The van der Waals surface area contributed by atoms with Gasteiger partial charge in [0.2, 0.25) is 0 Å². The highest BCUT2D eigenvalue weighted by atomic mass is 35.5. The van der Waals surface area contributed by atoms with Gasteiger partial charge in [0.1, 0.15) is 11.8 Å². The van der Waals surface area contributed by atoms with E-state index in [1.165, 1.54) is 18.3 Å². The molecule has 0 radical (unpaired) electrons. The van der Waals surface area contributed by atoms with Crippen molar-refractivity contribution in [3.63, 3.8) is 0 Å². The first-order valence-electron chi connectivity index (χ1n) is 7.59. The van der Waals surface area contributed by atoms with Crippen molar-refractivity contribution >= 4 is 63.5 Å². The maximum atomic E-state index is 13.4. The average molecular weight is 481 g/mol.